The van der Waals surface area contributed by atoms with Gasteiger partial charge in [0.15, 0.2) is 0 Å². The van der Waals surface area contributed by atoms with Gasteiger partial charge >= 0.3 is 12.0 Å². The van der Waals surface area contributed by atoms with Gasteiger partial charge in [0, 0.05) is 13.1 Å². The number of carbonyl (C=O) groups excluding carboxylic acids is 1. The second-order valence-corrected chi connectivity index (χ2v) is 6.02. The third-order valence-corrected chi connectivity index (χ3v) is 3.89. The maximum atomic E-state index is 11.9. The fraction of sp³-hybridized carbons (Fsp3) is 0.846. The van der Waals surface area contributed by atoms with E-state index in [1.807, 2.05) is 0 Å². The lowest BCUT2D eigenvalue weighted by Crippen LogP contribution is -2.49. The summed E-state index contributed by atoms with van der Waals surface area (Å²) in [5, 5.41) is 11.2. The van der Waals surface area contributed by atoms with Crippen LogP contribution in [0.15, 0.2) is 0 Å². The highest BCUT2D eigenvalue weighted by Crippen LogP contribution is 2.36. The quantitative estimate of drug-likeness (QED) is 0.812. The molecule has 0 spiro atoms. The van der Waals surface area contributed by atoms with E-state index in [4.69, 9.17) is 5.11 Å². The molecule has 0 aromatic carbocycles. The number of aliphatic carboxylic acids is 1. The van der Waals surface area contributed by atoms with Gasteiger partial charge in [0.25, 0.3) is 0 Å². The molecule has 5 nitrogen and oxygen atoms in total. The smallest absolute Gasteiger partial charge is 0.325 e. The van der Waals surface area contributed by atoms with Gasteiger partial charge in [0.05, 0.1) is 0 Å². The fourth-order valence-electron chi connectivity index (χ4n) is 2.29. The number of amides is 2. The Hall–Kier alpha value is -1.26. The molecule has 0 saturated heterocycles. The molecule has 0 bridgehead atoms. The fourth-order valence-corrected chi connectivity index (χ4v) is 2.29. The third kappa shape index (κ3) is 3.89. The molecule has 0 aromatic heterocycles. The largest absolute Gasteiger partial charge is 0.480 e. The van der Waals surface area contributed by atoms with E-state index in [0.717, 1.165) is 25.7 Å². The van der Waals surface area contributed by atoms with E-state index in [9.17, 15) is 9.59 Å². The summed E-state index contributed by atoms with van der Waals surface area (Å²) in [6.45, 7) is 5.96. The van der Waals surface area contributed by atoms with Crippen molar-refractivity contribution in [1.82, 2.24) is 10.2 Å². The summed E-state index contributed by atoms with van der Waals surface area (Å²) in [7, 11) is 1.74. The first kappa shape index (κ1) is 14.8. The van der Waals surface area contributed by atoms with Crippen molar-refractivity contribution in [3.8, 4) is 0 Å². The molecule has 2 amide bonds. The van der Waals surface area contributed by atoms with E-state index >= 15 is 0 Å². The molecule has 0 radical (unpaired) electrons. The molecule has 2 N–H and O–H groups in total. The van der Waals surface area contributed by atoms with Gasteiger partial charge in [0.1, 0.15) is 6.04 Å². The van der Waals surface area contributed by atoms with E-state index in [1.54, 1.807) is 11.9 Å². The van der Waals surface area contributed by atoms with Crippen molar-refractivity contribution in [2.45, 2.75) is 58.5 Å². The molecule has 18 heavy (non-hydrogen) atoms. The van der Waals surface area contributed by atoms with Gasteiger partial charge in [-0.3, -0.25) is 4.79 Å². The number of hydrogen-bond donors (Lipinski definition) is 2. The number of nitrogens with zero attached hydrogens (tertiary/aromatic N) is 1. The molecule has 1 aliphatic rings. The number of hydrogen-bond acceptors (Lipinski definition) is 2. The lowest BCUT2D eigenvalue weighted by molar-refractivity contribution is -0.138. The van der Waals surface area contributed by atoms with Gasteiger partial charge in [-0.25, -0.2) is 4.79 Å². The molecule has 1 atom stereocenters. The molecule has 1 saturated carbocycles. The summed E-state index contributed by atoms with van der Waals surface area (Å²) in [6.07, 6.45) is 4.17. The van der Waals surface area contributed by atoms with Crippen LogP contribution in [-0.4, -0.2) is 41.1 Å². The molecule has 0 heterocycles. The van der Waals surface area contributed by atoms with Crippen molar-refractivity contribution in [1.29, 1.82) is 0 Å². The van der Waals surface area contributed by atoms with Gasteiger partial charge in [0.2, 0.25) is 0 Å². The highest BCUT2D eigenvalue weighted by Gasteiger charge is 2.31. The van der Waals surface area contributed by atoms with Crippen LogP contribution in [0.5, 0.6) is 0 Å². The Morgan fingerprint density at radius 2 is 1.83 bits per heavy atom. The summed E-state index contributed by atoms with van der Waals surface area (Å²) in [5.41, 5.74) is 0.363. The Morgan fingerprint density at radius 3 is 2.28 bits per heavy atom. The Morgan fingerprint density at radius 1 is 1.33 bits per heavy atom. The van der Waals surface area contributed by atoms with Crippen molar-refractivity contribution < 1.29 is 14.7 Å². The Bertz CT molecular complexity index is 318. The first-order valence-electron chi connectivity index (χ1n) is 6.49. The normalized spacial score (nSPS) is 21.1. The van der Waals surface area contributed by atoms with Crippen LogP contribution in [0.1, 0.15) is 46.5 Å². The predicted octanol–water partition coefficient (Wildman–Crippen LogP) is 2.07. The zero-order chi connectivity index (χ0) is 13.9. The lowest BCUT2D eigenvalue weighted by atomic mass is 9.75. The first-order valence-corrected chi connectivity index (χ1v) is 6.49. The monoisotopic (exact) mass is 256 g/mol. The third-order valence-electron chi connectivity index (χ3n) is 3.89. The molecule has 0 unspecified atom stereocenters. The van der Waals surface area contributed by atoms with E-state index in [2.05, 4.69) is 19.2 Å². The maximum absolute atomic E-state index is 11.9. The van der Waals surface area contributed by atoms with Crippen LogP contribution in [0.25, 0.3) is 0 Å². The molecule has 0 aliphatic heterocycles. The first-order chi connectivity index (χ1) is 8.23. The molecule has 1 aliphatic carbocycles. The SMILES string of the molecule is C[C@@H](NC(=O)N(C)C1CCC(C)(C)CC1)C(=O)O. The molecule has 104 valence electrons. The molecule has 1 rings (SSSR count). The molecular weight excluding hydrogens is 232 g/mol. The lowest BCUT2D eigenvalue weighted by Gasteiger charge is -2.38. The van der Waals surface area contributed by atoms with Crippen LogP contribution < -0.4 is 5.32 Å². The van der Waals surface area contributed by atoms with Crippen molar-refractivity contribution in [3.05, 3.63) is 0 Å². The second-order valence-electron chi connectivity index (χ2n) is 6.02. The minimum atomic E-state index is -1.01. The van der Waals surface area contributed by atoms with Gasteiger partial charge in [-0.1, -0.05) is 13.8 Å². The van der Waals surface area contributed by atoms with Gasteiger partial charge < -0.3 is 15.3 Å². The van der Waals surface area contributed by atoms with Crippen molar-refractivity contribution in [2.75, 3.05) is 7.05 Å². The molecule has 0 aromatic rings. The number of rotatable bonds is 3. The standard InChI is InChI=1S/C13H24N2O3/c1-9(11(16)17)14-12(18)15(4)10-5-7-13(2,3)8-6-10/h9-10H,5-8H2,1-4H3,(H,14,18)(H,16,17)/t9-/m1/s1. The Kier molecular flexibility index (Phi) is 4.59. The van der Waals surface area contributed by atoms with Crippen LogP contribution >= 0.6 is 0 Å². The maximum Gasteiger partial charge on any atom is 0.325 e. The number of nitrogens with one attached hydrogen (secondary N) is 1. The van der Waals surface area contributed by atoms with Gasteiger partial charge in [-0.15, -0.1) is 0 Å². The number of urea groups is 1. The van der Waals surface area contributed by atoms with E-state index < -0.39 is 12.0 Å². The number of carbonyl (C=O) groups is 2. The molecule has 1 fully saturated rings. The van der Waals surface area contributed by atoms with Crippen molar-refractivity contribution in [2.24, 2.45) is 5.41 Å². The van der Waals surface area contributed by atoms with Crippen LogP contribution in [0.3, 0.4) is 0 Å². The topological polar surface area (TPSA) is 69.6 Å². The van der Waals surface area contributed by atoms with Crippen LogP contribution in [0.4, 0.5) is 4.79 Å². The molecule has 5 heteroatoms. The van der Waals surface area contributed by atoms with E-state index in [1.165, 1.54) is 6.92 Å². The van der Waals surface area contributed by atoms with Crippen molar-refractivity contribution in [3.63, 3.8) is 0 Å². The van der Waals surface area contributed by atoms with Crippen LogP contribution in [0, 0.1) is 5.41 Å². The zero-order valence-corrected chi connectivity index (χ0v) is 11.7. The van der Waals surface area contributed by atoms with E-state index in [0.29, 0.717) is 5.41 Å². The number of carboxylic acid groups (broad SMARTS) is 1. The molecular formula is C13H24N2O3. The summed E-state index contributed by atoms with van der Waals surface area (Å²) in [5.74, 6) is -1.01. The number of carboxylic acids is 1. The predicted molar refractivity (Wildman–Crippen MR) is 69.4 cm³/mol. The summed E-state index contributed by atoms with van der Waals surface area (Å²) in [6, 6.07) is -0.923. The zero-order valence-electron chi connectivity index (χ0n) is 11.7. The van der Waals surface area contributed by atoms with Gasteiger partial charge in [-0.2, -0.15) is 0 Å². The van der Waals surface area contributed by atoms with E-state index in [-0.39, 0.29) is 12.1 Å². The highest BCUT2D eigenvalue weighted by atomic mass is 16.4. The Labute approximate surface area is 109 Å². The minimum absolute atomic E-state index is 0.221. The van der Waals surface area contributed by atoms with Crippen LogP contribution in [0.2, 0.25) is 0 Å². The van der Waals surface area contributed by atoms with Crippen molar-refractivity contribution >= 4 is 12.0 Å². The summed E-state index contributed by atoms with van der Waals surface area (Å²) in [4.78, 5) is 24.2. The highest BCUT2D eigenvalue weighted by molar-refractivity contribution is 5.82. The average Bonchev–Trinajstić information content (AvgIpc) is 2.27. The minimum Gasteiger partial charge on any atom is -0.480 e. The summed E-state index contributed by atoms with van der Waals surface area (Å²) < 4.78 is 0. The van der Waals surface area contributed by atoms with Crippen LogP contribution in [-0.2, 0) is 4.79 Å². The second kappa shape index (κ2) is 5.59. The summed E-state index contributed by atoms with van der Waals surface area (Å²) >= 11 is 0. The van der Waals surface area contributed by atoms with Gasteiger partial charge in [-0.05, 0) is 38.0 Å². The average molecular weight is 256 g/mol. The Balaban J connectivity index is 2.47.